The molecule has 2 N–H and O–H groups in total. The van der Waals surface area contributed by atoms with E-state index in [2.05, 4.69) is 58.3 Å². The van der Waals surface area contributed by atoms with Gasteiger partial charge in [-0.15, -0.1) is 0 Å². The van der Waals surface area contributed by atoms with Gasteiger partial charge in [0.25, 0.3) is 0 Å². The molecule has 1 heterocycles. The van der Waals surface area contributed by atoms with Gasteiger partial charge in [-0.2, -0.15) is 9.41 Å². The molecular weight excluding hydrogens is 480 g/mol. The number of morpholine rings is 1. The number of hydrogen-bond acceptors (Lipinski definition) is 5. The molecule has 0 atom stereocenters. The van der Waals surface area contributed by atoms with Crippen LogP contribution in [0, 0.1) is 0 Å². The van der Waals surface area contributed by atoms with E-state index in [-0.39, 0.29) is 4.90 Å². The Morgan fingerprint density at radius 3 is 2.46 bits per heavy atom. The molecule has 1 saturated heterocycles. The summed E-state index contributed by atoms with van der Waals surface area (Å²) in [6.45, 7) is 3.50. The molecule has 0 saturated carbocycles. The standard InChI is InChI=1S/C26H26N4O3S2/c1-18(19-6-11-25-21(16-19)17-20-4-2-3-5-24(20)25)28-29-26(34)27-22-7-9-23(10-8-22)35(31,32)30-12-14-33-15-13-30/h2-11,16H,12-15,17H2,1H3,(H2,27,29,34)/b28-18-. The number of rotatable bonds is 5. The largest absolute Gasteiger partial charge is 0.379 e. The number of hydrazone groups is 1. The van der Waals surface area contributed by atoms with Gasteiger partial charge in [0.15, 0.2) is 5.11 Å². The quantitative estimate of drug-likeness (QED) is 0.242. The maximum absolute atomic E-state index is 12.8. The van der Waals surface area contributed by atoms with E-state index >= 15 is 0 Å². The number of anilines is 1. The highest BCUT2D eigenvalue weighted by atomic mass is 32.2. The number of ether oxygens (including phenoxy) is 1. The second kappa shape index (κ2) is 9.87. The minimum atomic E-state index is -3.53. The summed E-state index contributed by atoms with van der Waals surface area (Å²) in [7, 11) is -3.53. The lowest BCUT2D eigenvalue weighted by Gasteiger charge is -2.26. The van der Waals surface area contributed by atoms with Gasteiger partial charge in [0, 0.05) is 18.8 Å². The molecule has 0 aromatic heterocycles. The number of fused-ring (bicyclic) bond motifs is 3. The van der Waals surface area contributed by atoms with Crippen molar-refractivity contribution in [1.82, 2.24) is 9.73 Å². The van der Waals surface area contributed by atoms with E-state index in [1.165, 1.54) is 26.6 Å². The van der Waals surface area contributed by atoms with Crippen LogP contribution in [0.15, 0.2) is 76.7 Å². The topological polar surface area (TPSA) is 83.0 Å². The predicted molar refractivity (Wildman–Crippen MR) is 142 cm³/mol. The van der Waals surface area contributed by atoms with E-state index in [0.29, 0.717) is 37.1 Å². The summed E-state index contributed by atoms with van der Waals surface area (Å²) in [6, 6.07) is 21.4. The van der Waals surface area contributed by atoms with Crippen molar-refractivity contribution in [3.63, 3.8) is 0 Å². The molecule has 7 nitrogen and oxygen atoms in total. The minimum absolute atomic E-state index is 0.247. The third-order valence-corrected chi connectivity index (χ3v) is 8.36. The second-order valence-electron chi connectivity index (χ2n) is 8.51. The Morgan fingerprint density at radius 1 is 0.971 bits per heavy atom. The van der Waals surface area contributed by atoms with Crippen molar-refractivity contribution >= 4 is 38.8 Å². The first-order chi connectivity index (χ1) is 16.9. The third-order valence-electron chi connectivity index (χ3n) is 6.26. The summed E-state index contributed by atoms with van der Waals surface area (Å²) in [5.74, 6) is 0. The Balaban J connectivity index is 1.21. The van der Waals surface area contributed by atoms with Gasteiger partial charge in [0.2, 0.25) is 10.0 Å². The number of sulfonamides is 1. The van der Waals surface area contributed by atoms with Crippen molar-refractivity contribution in [1.29, 1.82) is 0 Å². The van der Waals surface area contributed by atoms with E-state index in [1.54, 1.807) is 24.3 Å². The molecule has 0 radical (unpaired) electrons. The number of nitrogens with one attached hydrogen (secondary N) is 2. The average molecular weight is 507 g/mol. The lowest BCUT2D eigenvalue weighted by atomic mass is 10.0. The summed E-state index contributed by atoms with van der Waals surface area (Å²) in [5, 5.41) is 7.80. The van der Waals surface area contributed by atoms with Gasteiger partial charge in [-0.1, -0.05) is 36.4 Å². The van der Waals surface area contributed by atoms with Crippen LogP contribution in [0.2, 0.25) is 0 Å². The lowest BCUT2D eigenvalue weighted by Crippen LogP contribution is -2.40. The fourth-order valence-electron chi connectivity index (χ4n) is 4.37. The maximum atomic E-state index is 12.8. The first-order valence-electron chi connectivity index (χ1n) is 11.4. The van der Waals surface area contributed by atoms with Crippen molar-refractivity contribution in [3.05, 3.63) is 83.4 Å². The van der Waals surface area contributed by atoms with Crippen LogP contribution in [-0.4, -0.2) is 49.9 Å². The first-order valence-corrected chi connectivity index (χ1v) is 13.3. The molecule has 1 aliphatic carbocycles. The molecule has 35 heavy (non-hydrogen) atoms. The molecule has 9 heteroatoms. The van der Waals surface area contributed by atoms with E-state index in [1.807, 2.05) is 6.92 Å². The van der Waals surface area contributed by atoms with Crippen molar-refractivity contribution in [3.8, 4) is 11.1 Å². The zero-order valence-corrected chi connectivity index (χ0v) is 21.0. The molecule has 0 amide bonds. The first kappa shape index (κ1) is 23.6. The monoisotopic (exact) mass is 506 g/mol. The van der Waals surface area contributed by atoms with Crippen LogP contribution in [0.4, 0.5) is 5.69 Å². The average Bonchev–Trinajstić information content (AvgIpc) is 3.26. The Bertz CT molecular complexity index is 1400. The van der Waals surface area contributed by atoms with Gasteiger partial charge in [-0.25, -0.2) is 8.42 Å². The zero-order valence-electron chi connectivity index (χ0n) is 19.3. The van der Waals surface area contributed by atoms with Gasteiger partial charge < -0.3 is 10.1 Å². The van der Waals surface area contributed by atoms with Gasteiger partial charge in [-0.05, 0) is 83.7 Å². The normalized spacial score (nSPS) is 15.9. The van der Waals surface area contributed by atoms with E-state index in [9.17, 15) is 8.42 Å². The molecule has 0 unspecified atom stereocenters. The van der Waals surface area contributed by atoms with Crippen LogP contribution in [0.25, 0.3) is 11.1 Å². The van der Waals surface area contributed by atoms with Gasteiger partial charge in [-0.3, -0.25) is 5.43 Å². The molecule has 2 aliphatic rings. The molecule has 180 valence electrons. The fourth-order valence-corrected chi connectivity index (χ4v) is 5.95. The molecule has 0 bridgehead atoms. The molecule has 5 rings (SSSR count). The van der Waals surface area contributed by atoms with Crippen molar-refractivity contribution in [2.24, 2.45) is 5.10 Å². The molecule has 3 aromatic carbocycles. The summed E-state index contributed by atoms with van der Waals surface area (Å²) in [5.41, 5.74) is 10.6. The highest BCUT2D eigenvalue weighted by molar-refractivity contribution is 7.89. The Labute approximate surface area is 210 Å². The van der Waals surface area contributed by atoms with Crippen LogP contribution >= 0.6 is 12.2 Å². The van der Waals surface area contributed by atoms with Crippen molar-refractivity contribution < 1.29 is 13.2 Å². The molecular formula is C26H26N4O3S2. The highest BCUT2D eigenvalue weighted by Crippen LogP contribution is 2.36. The number of thiocarbonyl (C=S) groups is 1. The molecule has 3 aromatic rings. The Hall–Kier alpha value is -3.11. The Kier molecular flexibility index (Phi) is 6.66. The van der Waals surface area contributed by atoms with Crippen molar-refractivity contribution in [2.45, 2.75) is 18.2 Å². The minimum Gasteiger partial charge on any atom is -0.379 e. The van der Waals surface area contributed by atoms with Crippen LogP contribution in [0.1, 0.15) is 23.6 Å². The van der Waals surface area contributed by atoms with Crippen LogP contribution < -0.4 is 10.7 Å². The number of benzene rings is 3. The maximum Gasteiger partial charge on any atom is 0.243 e. The van der Waals surface area contributed by atoms with Crippen molar-refractivity contribution in [2.75, 3.05) is 31.6 Å². The highest BCUT2D eigenvalue weighted by Gasteiger charge is 2.26. The van der Waals surface area contributed by atoms with E-state index in [4.69, 9.17) is 17.0 Å². The van der Waals surface area contributed by atoms with Crippen LogP contribution in [-0.2, 0) is 21.2 Å². The van der Waals surface area contributed by atoms with E-state index in [0.717, 1.165) is 17.7 Å². The van der Waals surface area contributed by atoms with Gasteiger partial charge >= 0.3 is 0 Å². The third kappa shape index (κ3) is 4.99. The SMILES string of the molecule is C/C(=N/NC(=S)Nc1ccc(S(=O)(=O)N2CCOCC2)cc1)c1ccc2c(c1)Cc1ccccc1-2. The van der Waals surface area contributed by atoms with Gasteiger partial charge in [0.1, 0.15) is 0 Å². The van der Waals surface area contributed by atoms with Crippen LogP contribution in [0.5, 0.6) is 0 Å². The van der Waals surface area contributed by atoms with Crippen LogP contribution in [0.3, 0.4) is 0 Å². The second-order valence-corrected chi connectivity index (χ2v) is 10.9. The molecule has 1 aliphatic heterocycles. The summed E-state index contributed by atoms with van der Waals surface area (Å²) < 4.78 is 32.2. The zero-order chi connectivity index (χ0) is 24.4. The van der Waals surface area contributed by atoms with Gasteiger partial charge in [0.05, 0.1) is 23.8 Å². The fraction of sp³-hybridized carbons (Fsp3) is 0.231. The lowest BCUT2D eigenvalue weighted by molar-refractivity contribution is 0.0730. The number of nitrogens with zero attached hydrogens (tertiary/aromatic N) is 2. The molecule has 1 fully saturated rings. The summed E-state index contributed by atoms with van der Waals surface area (Å²) >= 11 is 5.37. The Morgan fingerprint density at radius 2 is 1.69 bits per heavy atom. The molecule has 0 spiro atoms. The van der Waals surface area contributed by atoms with E-state index < -0.39 is 10.0 Å². The predicted octanol–water partition coefficient (Wildman–Crippen LogP) is 3.99. The number of hydrogen-bond donors (Lipinski definition) is 2. The smallest absolute Gasteiger partial charge is 0.243 e. The summed E-state index contributed by atoms with van der Waals surface area (Å²) in [6.07, 6.45) is 0.928. The summed E-state index contributed by atoms with van der Waals surface area (Å²) in [4.78, 5) is 0.247.